The molecule has 0 heterocycles. The van der Waals surface area contributed by atoms with Gasteiger partial charge in [0.2, 0.25) is 0 Å². The molecule has 1 aromatic carbocycles. The van der Waals surface area contributed by atoms with Crippen molar-refractivity contribution >= 4 is 13.6 Å². The number of aliphatic hydroxyl groups excluding tert-OH is 1. The number of esters is 1. The summed E-state index contributed by atoms with van der Waals surface area (Å²) in [6, 6.07) is 8.28. The van der Waals surface area contributed by atoms with Crippen LogP contribution in [0.1, 0.15) is 13.8 Å². The van der Waals surface area contributed by atoms with E-state index in [-0.39, 0.29) is 12.4 Å². The van der Waals surface area contributed by atoms with Crippen LogP contribution < -0.4 is 4.52 Å². The fourth-order valence-corrected chi connectivity index (χ4v) is 2.45. The first-order chi connectivity index (χ1) is 9.00. The second kappa shape index (κ2) is 7.28. The van der Waals surface area contributed by atoms with Gasteiger partial charge in [0.25, 0.3) is 0 Å². The zero-order valence-corrected chi connectivity index (χ0v) is 11.7. The van der Waals surface area contributed by atoms with Crippen molar-refractivity contribution in [1.82, 2.24) is 0 Å². The van der Waals surface area contributed by atoms with E-state index in [1.807, 2.05) is 0 Å². The number of ether oxygens (including phenoxy) is 1. The van der Waals surface area contributed by atoms with Gasteiger partial charge in [-0.1, -0.05) is 18.2 Å². The van der Waals surface area contributed by atoms with E-state index in [0.29, 0.717) is 0 Å². The number of para-hydroxylation sites is 1. The Morgan fingerprint density at radius 3 is 2.53 bits per heavy atom. The Hall–Kier alpha value is -1.36. The molecule has 0 aliphatic heterocycles. The van der Waals surface area contributed by atoms with E-state index in [1.54, 1.807) is 37.3 Å². The number of aliphatic hydroxyl groups is 1. The van der Waals surface area contributed by atoms with Gasteiger partial charge in [0.15, 0.2) is 12.5 Å². The topological polar surface area (TPSA) is 82.1 Å². The fraction of sp³-hybridized carbons (Fsp3) is 0.417. The minimum atomic E-state index is -3.80. The average molecular weight is 288 g/mol. The normalized spacial score (nSPS) is 15.3. The third kappa shape index (κ3) is 5.03. The highest BCUT2D eigenvalue weighted by atomic mass is 31.2. The van der Waals surface area contributed by atoms with Crippen molar-refractivity contribution in [2.24, 2.45) is 0 Å². The predicted molar refractivity (Wildman–Crippen MR) is 68.9 cm³/mol. The molecule has 106 valence electrons. The minimum absolute atomic E-state index is 0.190. The molecule has 0 radical (unpaired) electrons. The van der Waals surface area contributed by atoms with E-state index >= 15 is 0 Å². The maximum atomic E-state index is 12.2. The number of carbonyl (C=O) groups excluding carboxylic acids is 1. The second-order valence-electron chi connectivity index (χ2n) is 3.66. The predicted octanol–water partition coefficient (Wildman–Crippen LogP) is 2.18. The van der Waals surface area contributed by atoms with Crippen molar-refractivity contribution < 1.29 is 28.3 Å². The zero-order chi connectivity index (χ0) is 14.3. The highest BCUT2D eigenvalue weighted by molar-refractivity contribution is 7.54. The van der Waals surface area contributed by atoms with Crippen molar-refractivity contribution in [2.45, 2.75) is 20.0 Å². The first-order valence-corrected chi connectivity index (χ1v) is 7.53. The quantitative estimate of drug-likeness (QED) is 0.611. The van der Waals surface area contributed by atoms with Crippen LogP contribution in [0.3, 0.4) is 0 Å². The lowest BCUT2D eigenvalue weighted by molar-refractivity contribution is -0.150. The van der Waals surface area contributed by atoms with Crippen LogP contribution in [0.25, 0.3) is 0 Å². The zero-order valence-electron chi connectivity index (χ0n) is 10.8. The summed E-state index contributed by atoms with van der Waals surface area (Å²) < 4.78 is 27.0. The van der Waals surface area contributed by atoms with Gasteiger partial charge in [-0.2, -0.15) is 0 Å². The molecule has 0 saturated carbocycles. The van der Waals surface area contributed by atoms with E-state index in [4.69, 9.17) is 18.9 Å². The molecule has 1 N–H and O–H groups in total. The smallest absolute Gasteiger partial charge is 0.405 e. The molecule has 6 nitrogen and oxygen atoms in total. The van der Waals surface area contributed by atoms with Gasteiger partial charge in [-0.05, 0) is 26.0 Å². The number of rotatable bonds is 7. The van der Waals surface area contributed by atoms with E-state index < -0.39 is 26.0 Å². The van der Waals surface area contributed by atoms with Crippen LogP contribution in [-0.4, -0.2) is 30.1 Å². The number of hydrogen-bond acceptors (Lipinski definition) is 6. The molecular weight excluding hydrogens is 271 g/mol. The second-order valence-corrected chi connectivity index (χ2v) is 5.55. The first-order valence-electron chi connectivity index (χ1n) is 5.80. The monoisotopic (exact) mass is 288 g/mol. The Bertz CT molecular complexity index is 447. The van der Waals surface area contributed by atoms with Crippen LogP contribution >= 0.6 is 7.60 Å². The molecule has 0 spiro atoms. The lowest BCUT2D eigenvalue weighted by Crippen LogP contribution is -2.23. The summed E-state index contributed by atoms with van der Waals surface area (Å²) >= 11 is 0. The van der Waals surface area contributed by atoms with E-state index in [2.05, 4.69) is 0 Å². The van der Waals surface area contributed by atoms with Crippen LogP contribution in [0, 0.1) is 0 Å². The highest BCUT2D eigenvalue weighted by Crippen LogP contribution is 2.48. The maximum Gasteiger partial charge on any atom is 0.405 e. The fourth-order valence-electron chi connectivity index (χ4n) is 1.27. The molecule has 0 saturated heterocycles. The van der Waals surface area contributed by atoms with Crippen LogP contribution in [0.4, 0.5) is 0 Å². The summed E-state index contributed by atoms with van der Waals surface area (Å²) in [6.45, 7) is 3.22. The van der Waals surface area contributed by atoms with Crippen molar-refractivity contribution in [2.75, 3.05) is 13.0 Å². The van der Waals surface area contributed by atoms with Gasteiger partial charge in [0, 0.05) is 0 Å². The van der Waals surface area contributed by atoms with Gasteiger partial charge in [0.1, 0.15) is 5.75 Å². The van der Waals surface area contributed by atoms with Gasteiger partial charge in [-0.3, -0.25) is 4.52 Å². The molecule has 0 aliphatic carbocycles. The third-order valence-electron chi connectivity index (χ3n) is 2.10. The molecule has 19 heavy (non-hydrogen) atoms. The largest absolute Gasteiger partial charge is 0.464 e. The third-order valence-corrected chi connectivity index (χ3v) is 3.57. The van der Waals surface area contributed by atoms with Gasteiger partial charge in [-0.15, -0.1) is 0 Å². The molecule has 7 heteroatoms. The van der Waals surface area contributed by atoms with E-state index in [9.17, 15) is 9.36 Å². The SMILES string of the molecule is CCOC(=O)[C@H](C)OP(=O)(CO)Oc1ccccc1. The average Bonchev–Trinajstić information content (AvgIpc) is 2.40. The summed E-state index contributed by atoms with van der Waals surface area (Å²) in [7, 11) is -3.80. The van der Waals surface area contributed by atoms with Gasteiger partial charge in [-0.25, -0.2) is 9.36 Å². The lowest BCUT2D eigenvalue weighted by atomic mass is 10.3. The van der Waals surface area contributed by atoms with Gasteiger partial charge >= 0.3 is 13.6 Å². The molecule has 1 aromatic rings. The molecular formula is C12H17O6P. The Labute approximate surface area is 111 Å². The molecule has 0 aliphatic rings. The van der Waals surface area contributed by atoms with Crippen LogP contribution in [-0.2, 0) is 18.6 Å². The van der Waals surface area contributed by atoms with Crippen LogP contribution in [0.15, 0.2) is 30.3 Å². The Morgan fingerprint density at radius 2 is 2.00 bits per heavy atom. The standard InChI is InChI=1S/C12H17O6P/c1-3-16-12(14)10(2)17-19(15,9-13)18-11-7-5-4-6-8-11/h4-8,10,13H,3,9H2,1-2H3/t10-,19?/m0/s1. The molecule has 1 rings (SSSR count). The molecule has 0 bridgehead atoms. The summed E-state index contributed by atoms with van der Waals surface area (Å²) in [5, 5.41) is 9.14. The van der Waals surface area contributed by atoms with Crippen molar-refractivity contribution in [1.29, 1.82) is 0 Å². The summed E-state index contributed by atoms with van der Waals surface area (Å²) in [5.74, 6) is -0.372. The van der Waals surface area contributed by atoms with Crippen molar-refractivity contribution in [3.8, 4) is 5.75 Å². The summed E-state index contributed by atoms with van der Waals surface area (Å²) in [6.07, 6.45) is -1.91. The number of carbonyl (C=O) groups is 1. The van der Waals surface area contributed by atoms with Crippen LogP contribution in [0.2, 0.25) is 0 Å². The van der Waals surface area contributed by atoms with Crippen molar-refractivity contribution in [3.05, 3.63) is 30.3 Å². The van der Waals surface area contributed by atoms with Gasteiger partial charge < -0.3 is 14.4 Å². The van der Waals surface area contributed by atoms with E-state index in [1.165, 1.54) is 6.92 Å². The Balaban J connectivity index is 2.70. The van der Waals surface area contributed by atoms with E-state index in [0.717, 1.165) is 0 Å². The Morgan fingerprint density at radius 1 is 1.37 bits per heavy atom. The van der Waals surface area contributed by atoms with Gasteiger partial charge in [0.05, 0.1) is 6.61 Å². The first kappa shape index (κ1) is 15.7. The molecule has 0 aromatic heterocycles. The molecule has 1 unspecified atom stereocenters. The number of hydrogen-bond donors (Lipinski definition) is 1. The highest BCUT2D eigenvalue weighted by Gasteiger charge is 2.31. The molecule has 0 fully saturated rings. The molecule has 2 atom stereocenters. The number of benzene rings is 1. The maximum absolute atomic E-state index is 12.2. The van der Waals surface area contributed by atoms with Crippen molar-refractivity contribution in [3.63, 3.8) is 0 Å². The molecule has 0 amide bonds. The summed E-state index contributed by atoms with van der Waals surface area (Å²) in [4.78, 5) is 11.4. The lowest BCUT2D eigenvalue weighted by Gasteiger charge is -2.20. The summed E-state index contributed by atoms with van der Waals surface area (Å²) in [5.41, 5.74) is 0. The Kier molecular flexibility index (Phi) is 6.02. The minimum Gasteiger partial charge on any atom is -0.464 e. The van der Waals surface area contributed by atoms with Crippen LogP contribution in [0.5, 0.6) is 5.75 Å².